The number of aliphatic hydroxyl groups excluding tert-OH is 2. The Labute approximate surface area is 112 Å². The van der Waals surface area contributed by atoms with E-state index < -0.39 is 23.1 Å². The lowest BCUT2D eigenvalue weighted by Crippen LogP contribution is -2.24. The van der Waals surface area contributed by atoms with Crippen molar-refractivity contribution in [1.82, 2.24) is 0 Å². The Morgan fingerprint density at radius 1 is 0.950 bits per heavy atom. The summed E-state index contributed by atoms with van der Waals surface area (Å²) < 4.78 is 0. The van der Waals surface area contributed by atoms with Crippen LogP contribution < -0.4 is 11.5 Å². The molecule has 6 nitrogen and oxygen atoms in total. The molecule has 1 aliphatic carbocycles. The van der Waals surface area contributed by atoms with Crippen molar-refractivity contribution in [3.8, 4) is 0 Å². The molecule has 100 valence electrons. The molecular formula is C14H10N2O4. The normalized spacial score (nSPS) is 14.8. The number of carbonyl (C=O) groups is 2. The van der Waals surface area contributed by atoms with E-state index in [1.807, 2.05) is 0 Å². The number of nitrogens with two attached hydrogens (primary N) is 2. The summed E-state index contributed by atoms with van der Waals surface area (Å²) in [4.78, 5) is 23.4. The number of benzene rings is 2. The quantitative estimate of drug-likeness (QED) is 0.425. The number of ketones is 2. The zero-order chi connectivity index (χ0) is 14.6. The van der Waals surface area contributed by atoms with E-state index in [1.54, 1.807) is 18.2 Å². The lowest BCUT2D eigenvalue weighted by molar-refractivity contribution is -0.114. The second-order valence-corrected chi connectivity index (χ2v) is 4.51. The summed E-state index contributed by atoms with van der Waals surface area (Å²) in [6.07, 6.45) is 0. The van der Waals surface area contributed by atoms with Crippen LogP contribution in [0, 0.1) is 0 Å². The molecule has 2 aromatic carbocycles. The molecule has 6 heteroatoms. The number of allylic oxidation sites excluding steroid dienone is 1. The molecule has 0 unspecified atom stereocenters. The first-order valence-corrected chi connectivity index (χ1v) is 5.75. The zero-order valence-electron chi connectivity index (χ0n) is 10.2. The number of nitrogen functional groups attached to an aromatic ring is 2. The fourth-order valence-electron chi connectivity index (χ4n) is 2.41. The summed E-state index contributed by atoms with van der Waals surface area (Å²) in [6.45, 7) is 0. The number of anilines is 2. The molecule has 1 aliphatic rings. The van der Waals surface area contributed by atoms with Gasteiger partial charge in [-0.3, -0.25) is 9.59 Å². The molecule has 0 heterocycles. The van der Waals surface area contributed by atoms with Crippen LogP contribution in [-0.2, 0) is 4.79 Å². The van der Waals surface area contributed by atoms with Crippen LogP contribution >= 0.6 is 0 Å². The molecule has 2 aromatic rings. The van der Waals surface area contributed by atoms with Crippen molar-refractivity contribution in [1.29, 1.82) is 0 Å². The van der Waals surface area contributed by atoms with Crippen LogP contribution in [0.1, 0.15) is 15.9 Å². The Bertz CT molecular complexity index is 837. The second-order valence-electron chi connectivity index (χ2n) is 4.51. The third-order valence-electron chi connectivity index (χ3n) is 3.36. The van der Waals surface area contributed by atoms with Gasteiger partial charge < -0.3 is 21.7 Å². The van der Waals surface area contributed by atoms with Crippen LogP contribution in [0.2, 0.25) is 0 Å². The third-order valence-corrected chi connectivity index (χ3v) is 3.36. The number of fused-ring (bicyclic) bond motifs is 2. The van der Waals surface area contributed by atoms with E-state index in [4.69, 9.17) is 11.5 Å². The first-order valence-electron chi connectivity index (χ1n) is 5.75. The summed E-state index contributed by atoms with van der Waals surface area (Å²) in [7, 11) is 0. The van der Waals surface area contributed by atoms with Gasteiger partial charge in [0.1, 0.15) is 0 Å². The average molecular weight is 270 g/mol. The van der Waals surface area contributed by atoms with E-state index in [-0.39, 0.29) is 16.8 Å². The number of rotatable bonds is 0. The summed E-state index contributed by atoms with van der Waals surface area (Å²) in [5, 5.41) is 20.4. The van der Waals surface area contributed by atoms with Crippen LogP contribution in [0.25, 0.3) is 16.5 Å². The number of Topliss-reactive ketones (excluding diaryl/α,β-unsaturated/α-hetero) is 2. The predicted octanol–water partition coefficient (Wildman–Crippen LogP) is 1.55. The van der Waals surface area contributed by atoms with Crippen molar-refractivity contribution in [2.75, 3.05) is 11.5 Å². The first kappa shape index (κ1) is 12.0. The fraction of sp³-hybridized carbons (Fsp3) is 0. The summed E-state index contributed by atoms with van der Waals surface area (Å²) in [5.41, 5.74) is 12.1. The van der Waals surface area contributed by atoms with Crippen LogP contribution in [0.5, 0.6) is 0 Å². The number of hydrogen-bond acceptors (Lipinski definition) is 6. The maximum absolute atomic E-state index is 11.9. The van der Waals surface area contributed by atoms with Gasteiger partial charge in [-0.15, -0.1) is 0 Å². The molecule has 0 aliphatic heterocycles. The summed E-state index contributed by atoms with van der Waals surface area (Å²) in [5.74, 6) is -3.76. The molecule has 0 spiro atoms. The average Bonchev–Trinajstić information content (AvgIpc) is 2.42. The highest BCUT2D eigenvalue weighted by Gasteiger charge is 2.35. The molecule has 3 rings (SSSR count). The van der Waals surface area contributed by atoms with E-state index in [1.165, 1.54) is 6.07 Å². The topological polar surface area (TPSA) is 127 Å². The maximum Gasteiger partial charge on any atom is 0.271 e. The molecule has 20 heavy (non-hydrogen) atoms. The fourth-order valence-corrected chi connectivity index (χ4v) is 2.41. The highest BCUT2D eigenvalue weighted by Crippen LogP contribution is 2.38. The van der Waals surface area contributed by atoms with Crippen molar-refractivity contribution in [2.24, 2.45) is 0 Å². The van der Waals surface area contributed by atoms with Crippen LogP contribution in [0.15, 0.2) is 30.0 Å². The van der Waals surface area contributed by atoms with Crippen molar-refractivity contribution < 1.29 is 19.8 Å². The smallest absolute Gasteiger partial charge is 0.271 e. The van der Waals surface area contributed by atoms with Gasteiger partial charge in [0.25, 0.3) is 5.78 Å². The highest BCUT2D eigenvalue weighted by atomic mass is 16.3. The zero-order valence-corrected chi connectivity index (χ0v) is 10.2. The molecule has 0 radical (unpaired) electrons. The lowest BCUT2D eigenvalue weighted by atomic mass is 9.88. The second kappa shape index (κ2) is 3.74. The van der Waals surface area contributed by atoms with E-state index in [9.17, 15) is 19.8 Å². The molecule has 0 aromatic heterocycles. The molecule has 0 atom stereocenters. The van der Waals surface area contributed by atoms with E-state index >= 15 is 0 Å². The summed E-state index contributed by atoms with van der Waals surface area (Å²) in [6, 6.07) is 6.43. The van der Waals surface area contributed by atoms with Crippen molar-refractivity contribution in [2.45, 2.75) is 0 Å². The van der Waals surface area contributed by atoms with Crippen LogP contribution in [0.3, 0.4) is 0 Å². The minimum absolute atomic E-state index is 0.0408. The van der Waals surface area contributed by atoms with Crippen LogP contribution in [0.4, 0.5) is 11.4 Å². The predicted molar refractivity (Wildman–Crippen MR) is 74.3 cm³/mol. The lowest BCUT2D eigenvalue weighted by Gasteiger charge is -2.18. The largest absolute Gasteiger partial charge is 0.504 e. The number of carbonyl (C=O) groups excluding carboxylic acids is 2. The standard InChI is InChI=1S/C14H10N2O4/c15-7-3-1-2-5-4-6-9(10(16)8(5)7)12(18)14(20)13(19)11(6)17/h1-4,18,20H,15-16H2. The Hall–Kier alpha value is -3.02. The maximum atomic E-state index is 11.9. The molecule has 0 fully saturated rings. The highest BCUT2D eigenvalue weighted by molar-refractivity contribution is 6.52. The van der Waals surface area contributed by atoms with Gasteiger partial charge in [-0.05, 0) is 17.5 Å². The van der Waals surface area contributed by atoms with Gasteiger partial charge >= 0.3 is 0 Å². The van der Waals surface area contributed by atoms with E-state index in [0.717, 1.165) is 0 Å². The molecule has 0 bridgehead atoms. The van der Waals surface area contributed by atoms with Gasteiger partial charge in [-0.1, -0.05) is 12.1 Å². The van der Waals surface area contributed by atoms with Gasteiger partial charge in [0.05, 0.1) is 11.3 Å². The number of hydrogen-bond donors (Lipinski definition) is 4. The van der Waals surface area contributed by atoms with Crippen molar-refractivity contribution in [3.63, 3.8) is 0 Å². The molecule has 6 N–H and O–H groups in total. The third kappa shape index (κ3) is 1.33. The monoisotopic (exact) mass is 270 g/mol. The Kier molecular flexibility index (Phi) is 2.25. The SMILES string of the molecule is Nc1cccc2cc3c(c(N)c12)C(O)=C(O)C(=O)C3=O. The first-order chi connectivity index (χ1) is 9.43. The van der Waals surface area contributed by atoms with Gasteiger partial charge in [0.2, 0.25) is 11.5 Å². The van der Waals surface area contributed by atoms with Gasteiger partial charge in [-0.25, -0.2) is 0 Å². The molecule has 0 saturated carbocycles. The van der Waals surface area contributed by atoms with E-state index in [0.29, 0.717) is 16.5 Å². The molecule has 0 saturated heterocycles. The van der Waals surface area contributed by atoms with Crippen molar-refractivity contribution in [3.05, 3.63) is 41.2 Å². The Morgan fingerprint density at radius 2 is 1.65 bits per heavy atom. The van der Waals surface area contributed by atoms with Gasteiger partial charge in [0, 0.05) is 16.6 Å². The van der Waals surface area contributed by atoms with Gasteiger partial charge in [-0.2, -0.15) is 0 Å². The number of aliphatic hydroxyl groups is 2. The van der Waals surface area contributed by atoms with Crippen LogP contribution in [-0.4, -0.2) is 21.8 Å². The Balaban J connectivity index is 2.53. The van der Waals surface area contributed by atoms with E-state index in [2.05, 4.69) is 0 Å². The summed E-state index contributed by atoms with van der Waals surface area (Å²) >= 11 is 0. The molecular weight excluding hydrogens is 260 g/mol. The minimum Gasteiger partial charge on any atom is -0.504 e. The van der Waals surface area contributed by atoms with Gasteiger partial charge in [0.15, 0.2) is 5.76 Å². The minimum atomic E-state index is -1.15. The Morgan fingerprint density at radius 3 is 2.35 bits per heavy atom. The molecule has 0 amide bonds. The van der Waals surface area contributed by atoms with Crippen molar-refractivity contribution >= 4 is 39.5 Å².